The van der Waals surface area contributed by atoms with Crippen LogP contribution in [0.3, 0.4) is 0 Å². The van der Waals surface area contributed by atoms with Gasteiger partial charge in [0, 0.05) is 35.1 Å². The number of hydrogen-bond donors (Lipinski definition) is 1. The third-order valence-electron chi connectivity index (χ3n) is 6.37. The predicted molar refractivity (Wildman–Crippen MR) is 120 cm³/mol. The Morgan fingerprint density at radius 2 is 1.65 bits per heavy atom. The van der Waals surface area contributed by atoms with E-state index in [0.717, 1.165) is 5.56 Å². The lowest BCUT2D eigenvalue weighted by Crippen LogP contribution is -2.42. The van der Waals surface area contributed by atoms with Crippen molar-refractivity contribution >= 4 is 35.1 Å². The number of alkyl halides is 3. The van der Waals surface area contributed by atoms with Crippen molar-refractivity contribution in [1.82, 2.24) is 4.90 Å². The van der Waals surface area contributed by atoms with Gasteiger partial charge in [-0.25, -0.2) is 0 Å². The summed E-state index contributed by atoms with van der Waals surface area (Å²) >= 11 is 12.9. The summed E-state index contributed by atoms with van der Waals surface area (Å²) in [6.07, 6.45) is -5.10. The third-order valence-corrected chi connectivity index (χ3v) is 7.05. The van der Waals surface area contributed by atoms with E-state index in [0.29, 0.717) is 26.7 Å². The Hall–Kier alpha value is -2.29. The number of carbonyl (C=O) groups is 2. The lowest BCUT2D eigenvalue weighted by atomic mass is 9.94. The first-order valence-corrected chi connectivity index (χ1v) is 11.6. The minimum atomic E-state index is -4.23. The van der Waals surface area contributed by atoms with Crippen LogP contribution in [-0.4, -0.2) is 47.4 Å². The Kier molecular flexibility index (Phi) is 7.12. The summed E-state index contributed by atoms with van der Waals surface area (Å²) in [4.78, 5) is 26.0. The Balaban J connectivity index is 1.44. The van der Waals surface area contributed by atoms with E-state index in [2.05, 4.69) is 0 Å². The molecule has 4 rings (SSSR count). The average molecular weight is 516 g/mol. The van der Waals surface area contributed by atoms with Gasteiger partial charge in [-0.1, -0.05) is 35.3 Å². The van der Waals surface area contributed by atoms with Crippen molar-refractivity contribution < 1.29 is 32.6 Å². The van der Waals surface area contributed by atoms with Gasteiger partial charge < -0.3 is 14.7 Å². The van der Waals surface area contributed by atoms with Crippen LogP contribution < -0.4 is 0 Å². The Morgan fingerprint density at radius 3 is 2.15 bits per heavy atom. The molecular weight excluding hydrogens is 494 g/mol. The van der Waals surface area contributed by atoms with Crippen molar-refractivity contribution in [3.8, 4) is 11.1 Å². The molecule has 2 aromatic carbocycles. The lowest BCUT2D eigenvalue weighted by Gasteiger charge is -2.33. The zero-order chi connectivity index (χ0) is 24.6. The monoisotopic (exact) mass is 515 g/mol. The smallest absolute Gasteiger partial charge is 0.391 e. The maximum Gasteiger partial charge on any atom is 0.391 e. The summed E-state index contributed by atoms with van der Waals surface area (Å²) in [6, 6.07) is 10.1. The first-order chi connectivity index (χ1) is 16.0. The Morgan fingerprint density at radius 1 is 1.06 bits per heavy atom. The van der Waals surface area contributed by atoms with Crippen molar-refractivity contribution in [2.45, 2.75) is 38.1 Å². The molecule has 2 atom stereocenters. The van der Waals surface area contributed by atoms with Crippen molar-refractivity contribution in [3.63, 3.8) is 0 Å². The zero-order valence-corrected chi connectivity index (χ0v) is 19.5. The van der Waals surface area contributed by atoms with Crippen LogP contribution in [0.25, 0.3) is 11.1 Å². The van der Waals surface area contributed by atoms with E-state index in [1.54, 1.807) is 36.4 Å². The molecule has 2 saturated heterocycles. The van der Waals surface area contributed by atoms with Gasteiger partial charge in [0.25, 0.3) is 5.91 Å². The summed E-state index contributed by atoms with van der Waals surface area (Å²) in [6.45, 7) is 0.145. The molecular formula is C24H22Cl2F3NO4. The third kappa shape index (κ3) is 5.34. The molecule has 0 bridgehead atoms. The minimum absolute atomic E-state index is 0.0724. The maximum atomic E-state index is 12.9. The molecule has 0 aliphatic carbocycles. The molecule has 2 heterocycles. The predicted octanol–water partition coefficient (Wildman–Crippen LogP) is 5.50. The van der Waals surface area contributed by atoms with Gasteiger partial charge in [-0.2, -0.15) is 13.2 Å². The molecule has 5 nitrogen and oxygen atoms in total. The second-order valence-electron chi connectivity index (χ2n) is 8.63. The van der Waals surface area contributed by atoms with Gasteiger partial charge in [0.05, 0.1) is 11.8 Å². The summed E-state index contributed by atoms with van der Waals surface area (Å²) in [5.74, 6) is -2.68. The second-order valence-corrected chi connectivity index (χ2v) is 9.45. The fourth-order valence-corrected chi connectivity index (χ4v) is 5.03. The van der Waals surface area contributed by atoms with Crippen molar-refractivity contribution in [3.05, 3.63) is 57.6 Å². The molecule has 0 spiro atoms. The van der Waals surface area contributed by atoms with Crippen molar-refractivity contribution in [1.29, 1.82) is 0 Å². The molecule has 10 heteroatoms. The molecule has 1 unspecified atom stereocenters. The zero-order valence-electron chi connectivity index (χ0n) is 17.9. The summed E-state index contributed by atoms with van der Waals surface area (Å²) in [5, 5.41) is 10.2. The van der Waals surface area contributed by atoms with Gasteiger partial charge in [-0.05, 0) is 60.2 Å². The standard InChI is InChI=1S/C24H22Cl2F3NO4/c25-19-10-15(11-20(26)18(19)9-16-12-21(31)34-23(16)33)13-1-3-14(4-2-13)22(32)30-7-5-17(6-8-30)24(27,28)29/h1-4,10-11,16-17,21,31H,5-9,12H2/t16-,21?/m1/s1. The average Bonchev–Trinajstić information content (AvgIpc) is 3.11. The van der Waals surface area contributed by atoms with E-state index in [1.165, 1.54) is 4.90 Å². The molecule has 34 heavy (non-hydrogen) atoms. The fraction of sp³-hybridized carbons (Fsp3) is 0.417. The van der Waals surface area contributed by atoms with Crippen LogP contribution in [0, 0.1) is 11.8 Å². The Bertz CT molecular complexity index is 1060. The number of aliphatic hydroxyl groups is 1. The maximum absolute atomic E-state index is 12.9. The summed E-state index contributed by atoms with van der Waals surface area (Å²) in [5.41, 5.74) is 2.43. The van der Waals surface area contributed by atoms with Crippen molar-refractivity contribution in [2.75, 3.05) is 13.1 Å². The number of carbonyl (C=O) groups excluding carboxylic acids is 2. The van der Waals surface area contributed by atoms with Crippen LogP contribution in [-0.2, 0) is 16.0 Å². The number of aliphatic hydroxyl groups excluding tert-OH is 1. The Labute approximate surface area is 204 Å². The molecule has 0 saturated carbocycles. The number of piperidine rings is 1. The van der Waals surface area contributed by atoms with Crippen molar-refractivity contribution in [2.24, 2.45) is 11.8 Å². The number of amides is 1. The van der Waals surface area contributed by atoms with Gasteiger partial charge in [-0.3, -0.25) is 9.59 Å². The van der Waals surface area contributed by atoms with Gasteiger partial charge in [0.1, 0.15) is 0 Å². The van der Waals surface area contributed by atoms with E-state index in [4.69, 9.17) is 27.9 Å². The molecule has 2 fully saturated rings. The quantitative estimate of drug-likeness (QED) is 0.546. The highest BCUT2D eigenvalue weighted by Crippen LogP contribution is 2.36. The first-order valence-electron chi connectivity index (χ1n) is 10.9. The number of esters is 1. The topological polar surface area (TPSA) is 66.8 Å². The van der Waals surface area contributed by atoms with Gasteiger partial charge in [0.2, 0.25) is 6.29 Å². The molecule has 2 aliphatic rings. The molecule has 1 N–H and O–H groups in total. The van der Waals surface area contributed by atoms with Crippen LogP contribution in [0.15, 0.2) is 36.4 Å². The number of ether oxygens (including phenoxy) is 1. The van der Waals surface area contributed by atoms with Gasteiger partial charge in [-0.15, -0.1) is 0 Å². The highest BCUT2D eigenvalue weighted by atomic mass is 35.5. The van der Waals surface area contributed by atoms with Gasteiger partial charge >= 0.3 is 12.1 Å². The molecule has 0 aromatic heterocycles. The van der Waals surface area contributed by atoms with Crippen LogP contribution in [0.1, 0.15) is 35.2 Å². The second kappa shape index (κ2) is 9.76. The van der Waals surface area contributed by atoms with E-state index in [1.807, 2.05) is 0 Å². The number of rotatable bonds is 4. The molecule has 182 valence electrons. The highest BCUT2D eigenvalue weighted by Gasteiger charge is 2.41. The lowest BCUT2D eigenvalue weighted by molar-refractivity contribution is -0.183. The summed E-state index contributed by atoms with van der Waals surface area (Å²) in [7, 11) is 0. The number of cyclic esters (lactones) is 1. The normalized spacial score (nSPS) is 21.6. The number of benzene rings is 2. The molecule has 0 radical (unpaired) electrons. The number of likely N-dealkylation sites (tertiary alicyclic amines) is 1. The first kappa shape index (κ1) is 24.8. The number of nitrogens with zero attached hydrogens (tertiary/aromatic N) is 1. The van der Waals surface area contributed by atoms with Crippen LogP contribution in [0.4, 0.5) is 13.2 Å². The number of hydrogen-bond acceptors (Lipinski definition) is 4. The summed E-state index contributed by atoms with van der Waals surface area (Å²) < 4.78 is 43.3. The van der Waals surface area contributed by atoms with Crippen LogP contribution >= 0.6 is 23.2 Å². The van der Waals surface area contributed by atoms with Crippen LogP contribution in [0.2, 0.25) is 10.0 Å². The minimum Gasteiger partial charge on any atom is -0.436 e. The van der Waals surface area contributed by atoms with E-state index < -0.39 is 30.3 Å². The molecule has 2 aromatic rings. The van der Waals surface area contributed by atoms with Gasteiger partial charge in [0.15, 0.2) is 0 Å². The largest absolute Gasteiger partial charge is 0.436 e. The van der Waals surface area contributed by atoms with E-state index >= 15 is 0 Å². The van der Waals surface area contributed by atoms with Crippen LogP contribution in [0.5, 0.6) is 0 Å². The SMILES string of the molecule is O=C1OC(O)C[C@H]1Cc1c(Cl)cc(-c2ccc(C(=O)N3CCC(C(F)(F)F)CC3)cc2)cc1Cl. The number of halogens is 5. The fourth-order valence-electron chi connectivity index (χ4n) is 4.39. The van der Waals surface area contributed by atoms with E-state index in [-0.39, 0.29) is 44.7 Å². The molecule has 1 amide bonds. The molecule has 2 aliphatic heterocycles. The van der Waals surface area contributed by atoms with E-state index in [9.17, 15) is 27.9 Å². The highest BCUT2D eigenvalue weighted by molar-refractivity contribution is 6.36.